The molecule has 4 aromatic rings. The molecule has 0 aliphatic carbocycles. The number of rotatable bonds is 7. The first kappa shape index (κ1) is 23.9. The summed E-state index contributed by atoms with van der Waals surface area (Å²) in [4.78, 5) is 17.5. The SMILES string of the molecule is CC(C)c1ccc(-c2csc(NC(=O)c3ccccc3NS(=O)(=O)c3ccc(Cl)cc3)n2)cc1. The van der Waals surface area contributed by atoms with Crippen molar-refractivity contribution in [1.82, 2.24) is 4.98 Å². The summed E-state index contributed by atoms with van der Waals surface area (Å²) in [6.07, 6.45) is 0. The van der Waals surface area contributed by atoms with Crippen LogP contribution in [0, 0.1) is 0 Å². The molecule has 0 saturated carbocycles. The maximum absolute atomic E-state index is 13.0. The maximum Gasteiger partial charge on any atom is 0.261 e. The lowest BCUT2D eigenvalue weighted by atomic mass is 10.0. The summed E-state index contributed by atoms with van der Waals surface area (Å²) >= 11 is 7.15. The summed E-state index contributed by atoms with van der Waals surface area (Å²) in [5, 5.41) is 5.49. The van der Waals surface area contributed by atoms with Crippen LogP contribution in [0.2, 0.25) is 5.02 Å². The molecule has 174 valence electrons. The molecule has 0 saturated heterocycles. The number of carbonyl (C=O) groups is 1. The summed E-state index contributed by atoms with van der Waals surface area (Å²) in [7, 11) is -3.90. The highest BCUT2D eigenvalue weighted by Gasteiger charge is 2.19. The van der Waals surface area contributed by atoms with Crippen molar-refractivity contribution in [2.75, 3.05) is 10.0 Å². The molecule has 1 aromatic heterocycles. The second kappa shape index (κ2) is 9.97. The monoisotopic (exact) mass is 511 g/mol. The number of carbonyl (C=O) groups excluding carboxylic acids is 1. The lowest BCUT2D eigenvalue weighted by Gasteiger charge is -2.12. The Labute approximate surface area is 207 Å². The van der Waals surface area contributed by atoms with E-state index in [-0.39, 0.29) is 16.1 Å². The number of benzene rings is 3. The number of nitrogens with zero attached hydrogens (tertiary/aromatic N) is 1. The minimum Gasteiger partial charge on any atom is -0.298 e. The second-order valence-electron chi connectivity index (χ2n) is 7.87. The van der Waals surface area contributed by atoms with E-state index in [4.69, 9.17) is 11.6 Å². The Morgan fingerprint density at radius 1 is 0.971 bits per heavy atom. The first-order valence-corrected chi connectivity index (χ1v) is 13.2. The van der Waals surface area contributed by atoms with Crippen LogP contribution < -0.4 is 10.0 Å². The average molecular weight is 512 g/mol. The number of nitrogens with one attached hydrogen (secondary N) is 2. The lowest BCUT2D eigenvalue weighted by molar-refractivity contribution is 0.102. The summed E-state index contributed by atoms with van der Waals surface area (Å²) in [5.74, 6) is -0.0259. The summed E-state index contributed by atoms with van der Waals surface area (Å²) in [5.41, 5.74) is 3.30. The fraction of sp³-hybridized carbons (Fsp3) is 0.120. The predicted octanol–water partition coefficient (Wildman–Crippen LogP) is 6.64. The molecule has 0 unspecified atom stereocenters. The van der Waals surface area contributed by atoms with Crippen LogP contribution in [0.4, 0.5) is 10.8 Å². The number of amides is 1. The van der Waals surface area contributed by atoms with Gasteiger partial charge in [0.1, 0.15) is 0 Å². The summed E-state index contributed by atoms with van der Waals surface area (Å²) < 4.78 is 28.0. The van der Waals surface area contributed by atoms with Crippen molar-refractivity contribution < 1.29 is 13.2 Å². The van der Waals surface area contributed by atoms with Gasteiger partial charge in [0, 0.05) is 16.0 Å². The van der Waals surface area contributed by atoms with Crippen LogP contribution in [-0.4, -0.2) is 19.3 Å². The van der Waals surface area contributed by atoms with Gasteiger partial charge in [-0.25, -0.2) is 13.4 Å². The van der Waals surface area contributed by atoms with Gasteiger partial charge in [-0.3, -0.25) is 14.8 Å². The molecule has 3 aromatic carbocycles. The van der Waals surface area contributed by atoms with Crippen LogP contribution in [0.3, 0.4) is 0 Å². The lowest BCUT2D eigenvalue weighted by Crippen LogP contribution is -2.18. The van der Waals surface area contributed by atoms with E-state index in [0.717, 1.165) is 11.3 Å². The molecular weight excluding hydrogens is 490 g/mol. The van der Waals surface area contributed by atoms with Crippen molar-refractivity contribution in [3.05, 3.63) is 94.3 Å². The highest BCUT2D eigenvalue weighted by Crippen LogP contribution is 2.28. The van der Waals surface area contributed by atoms with E-state index in [2.05, 4.69) is 41.0 Å². The van der Waals surface area contributed by atoms with Gasteiger partial charge in [0.2, 0.25) is 0 Å². The predicted molar refractivity (Wildman–Crippen MR) is 138 cm³/mol. The number of hydrogen-bond donors (Lipinski definition) is 2. The quantitative estimate of drug-likeness (QED) is 0.291. The van der Waals surface area contributed by atoms with E-state index in [1.54, 1.807) is 18.2 Å². The third-order valence-electron chi connectivity index (χ3n) is 5.14. The van der Waals surface area contributed by atoms with E-state index >= 15 is 0 Å². The second-order valence-corrected chi connectivity index (χ2v) is 10.9. The van der Waals surface area contributed by atoms with Gasteiger partial charge < -0.3 is 0 Å². The maximum atomic E-state index is 13.0. The molecule has 9 heteroatoms. The molecule has 1 heterocycles. The number of halogens is 1. The van der Waals surface area contributed by atoms with Gasteiger partial charge in [-0.1, -0.05) is 61.8 Å². The number of aromatic nitrogens is 1. The Balaban J connectivity index is 1.52. The molecule has 1 amide bonds. The molecule has 0 fully saturated rings. The molecule has 0 aliphatic heterocycles. The zero-order chi connectivity index (χ0) is 24.3. The third kappa shape index (κ3) is 5.47. The van der Waals surface area contributed by atoms with Gasteiger partial charge >= 0.3 is 0 Å². The minimum absolute atomic E-state index is 0.0418. The molecule has 4 rings (SSSR count). The smallest absolute Gasteiger partial charge is 0.261 e. The van der Waals surface area contributed by atoms with Crippen molar-refractivity contribution in [1.29, 1.82) is 0 Å². The van der Waals surface area contributed by atoms with Crippen LogP contribution in [-0.2, 0) is 10.0 Å². The number of sulfonamides is 1. The van der Waals surface area contributed by atoms with Gasteiger partial charge in [0.05, 0.1) is 21.8 Å². The molecule has 34 heavy (non-hydrogen) atoms. The summed E-state index contributed by atoms with van der Waals surface area (Å²) in [6.45, 7) is 4.28. The van der Waals surface area contributed by atoms with Crippen LogP contribution in [0.5, 0.6) is 0 Å². The molecule has 0 aliphatic rings. The van der Waals surface area contributed by atoms with Gasteiger partial charge in [-0.2, -0.15) is 0 Å². The van der Waals surface area contributed by atoms with Crippen LogP contribution >= 0.6 is 22.9 Å². The van der Waals surface area contributed by atoms with Crippen LogP contribution in [0.1, 0.15) is 35.7 Å². The molecule has 0 atom stereocenters. The van der Waals surface area contributed by atoms with Gasteiger partial charge in [0.25, 0.3) is 15.9 Å². The zero-order valence-electron chi connectivity index (χ0n) is 18.4. The molecule has 0 bridgehead atoms. The van der Waals surface area contributed by atoms with Gasteiger partial charge in [-0.15, -0.1) is 11.3 Å². The highest BCUT2D eigenvalue weighted by molar-refractivity contribution is 7.92. The van der Waals surface area contributed by atoms with Gasteiger partial charge in [0.15, 0.2) is 5.13 Å². The van der Waals surface area contributed by atoms with E-state index in [0.29, 0.717) is 16.1 Å². The standard InChI is InChI=1S/C25H22ClN3O3S2/c1-16(2)17-7-9-18(10-8-17)23-15-33-25(27-23)28-24(30)21-5-3-4-6-22(21)29-34(31,32)20-13-11-19(26)12-14-20/h3-16,29H,1-2H3,(H,27,28,30). The van der Waals surface area contributed by atoms with E-state index in [1.165, 1.54) is 47.2 Å². The molecule has 0 spiro atoms. The Morgan fingerprint density at radius 2 is 1.65 bits per heavy atom. The number of hydrogen-bond acceptors (Lipinski definition) is 5. The van der Waals surface area contributed by atoms with E-state index < -0.39 is 15.9 Å². The normalized spacial score (nSPS) is 11.4. The minimum atomic E-state index is -3.90. The Kier molecular flexibility index (Phi) is 7.02. The third-order valence-corrected chi connectivity index (χ3v) is 7.53. The number of anilines is 2. The molecular formula is C25H22ClN3O3S2. The van der Waals surface area contributed by atoms with Crippen LogP contribution in [0.25, 0.3) is 11.3 Å². The first-order valence-electron chi connectivity index (χ1n) is 10.5. The Bertz CT molecular complexity index is 1410. The molecule has 0 radical (unpaired) electrons. The zero-order valence-corrected chi connectivity index (χ0v) is 20.8. The first-order chi connectivity index (χ1) is 16.2. The van der Waals surface area contributed by atoms with Crippen molar-refractivity contribution in [3.63, 3.8) is 0 Å². The fourth-order valence-electron chi connectivity index (χ4n) is 3.25. The Hall–Kier alpha value is -3.20. The van der Waals surface area contributed by atoms with E-state index in [1.807, 2.05) is 17.5 Å². The van der Waals surface area contributed by atoms with E-state index in [9.17, 15) is 13.2 Å². The molecule has 2 N–H and O–H groups in total. The van der Waals surface area contributed by atoms with Gasteiger partial charge in [-0.05, 0) is 47.9 Å². The van der Waals surface area contributed by atoms with Crippen molar-refractivity contribution in [2.45, 2.75) is 24.7 Å². The average Bonchev–Trinajstić information content (AvgIpc) is 3.28. The fourth-order valence-corrected chi connectivity index (χ4v) is 5.17. The number of thiazole rings is 1. The van der Waals surface area contributed by atoms with Crippen molar-refractivity contribution in [2.24, 2.45) is 0 Å². The van der Waals surface area contributed by atoms with Crippen LogP contribution in [0.15, 0.2) is 83.1 Å². The molecule has 6 nitrogen and oxygen atoms in total. The highest BCUT2D eigenvalue weighted by atomic mass is 35.5. The van der Waals surface area contributed by atoms with Crippen molar-refractivity contribution in [3.8, 4) is 11.3 Å². The summed E-state index contributed by atoms with van der Waals surface area (Å²) in [6, 6.07) is 20.3. The topological polar surface area (TPSA) is 88.2 Å². The largest absolute Gasteiger partial charge is 0.298 e. The Morgan fingerprint density at radius 3 is 2.32 bits per heavy atom. The van der Waals surface area contributed by atoms with Crippen molar-refractivity contribution >= 4 is 49.7 Å². The number of para-hydroxylation sites is 1.